The number of hydrogen-bond donors (Lipinski definition) is 0. The lowest BCUT2D eigenvalue weighted by Crippen LogP contribution is -2.12. The van der Waals surface area contributed by atoms with Crippen molar-refractivity contribution in [3.05, 3.63) is 52.5 Å². The molecule has 1 aliphatic rings. The maximum Gasteiger partial charge on any atom is 0.360 e. The number of hydrogen-bond acceptors (Lipinski definition) is 4. The van der Waals surface area contributed by atoms with Gasteiger partial charge in [0.2, 0.25) is 5.82 Å². The first-order chi connectivity index (χ1) is 10.9. The van der Waals surface area contributed by atoms with Crippen molar-refractivity contribution in [1.29, 1.82) is 0 Å². The van der Waals surface area contributed by atoms with Gasteiger partial charge in [0.15, 0.2) is 34.9 Å². The fraction of sp³-hybridized carbons (Fsp3) is 0.286. The number of oxazole rings is 1. The topological polar surface area (TPSA) is 52.3 Å². The van der Waals surface area contributed by atoms with Crippen molar-refractivity contribution < 1.29 is 35.9 Å². The van der Waals surface area contributed by atoms with Crippen LogP contribution in [0, 0.1) is 29.1 Å². The molecule has 4 nitrogen and oxygen atoms in total. The third-order valence-corrected chi connectivity index (χ3v) is 3.31. The van der Waals surface area contributed by atoms with Crippen molar-refractivity contribution in [3.63, 3.8) is 0 Å². The van der Waals surface area contributed by atoms with Crippen LogP contribution in [-0.2, 0) is 11.3 Å². The van der Waals surface area contributed by atoms with E-state index in [1.54, 1.807) is 0 Å². The number of nitrogens with zero attached hydrogens (tertiary/aromatic N) is 1. The molecule has 0 aliphatic heterocycles. The van der Waals surface area contributed by atoms with E-state index >= 15 is 0 Å². The van der Waals surface area contributed by atoms with E-state index in [0.717, 1.165) is 19.1 Å². The molecule has 0 unspecified atom stereocenters. The van der Waals surface area contributed by atoms with Gasteiger partial charge < -0.3 is 9.15 Å². The molecule has 3 rings (SSSR count). The lowest BCUT2D eigenvalue weighted by atomic mass is 10.2. The summed E-state index contributed by atoms with van der Waals surface area (Å²) in [5, 5.41) is 0. The highest BCUT2D eigenvalue weighted by molar-refractivity contribution is 5.86. The molecule has 0 saturated heterocycles. The highest BCUT2D eigenvalue weighted by Crippen LogP contribution is 2.39. The summed E-state index contributed by atoms with van der Waals surface area (Å²) in [7, 11) is 0. The molecule has 2 aromatic rings. The molecule has 0 bridgehead atoms. The molecule has 9 heteroatoms. The first kappa shape index (κ1) is 15.4. The van der Waals surface area contributed by atoms with Crippen LogP contribution in [0.25, 0.3) is 0 Å². The van der Waals surface area contributed by atoms with E-state index in [4.69, 9.17) is 4.42 Å². The van der Waals surface area contributed by atoms with E-state index in [1.807, 2.05) is 0 Å². The van der Waals surface area contributed by atoms with Crippen LogP contribution in [0.5, 0.6) is 0 Å². The van der Waals surface area contributed by atoms with Crippen LogP contribution in [0.2, 0.25) is 0 Å². The maximum absolute atomic E-state index is 13.4. The van der Waals surface area contributed by atoms with Crippen molar-refractivity contribution in [2.75, 3.05) is 0 Å². The molecule has 1 aromatic heterocycles. The predicted molar refractivity (Wildman–Crippen MR) is 63.8 cm³/mol. The molecular weight excluding hydrogens is 325 g/mol. The number of ether oxygens (including phenoxy) is 1. The smallest absolute Gasteiger partial charge is 0.360 e. The molecule has 23 heavy (non-hydrogen) atoms. The summed E-state index contributed by atoms with van der Waals surface area (Å²) in [6.45, 7) is -1.13. The molecule has 1 aromatic carbocycles. The van der Waals surface area contributed by atoms with Crippen LogP contribution in [0.1, 0.15) is 40.7 Å². The van der Waals surface area contributed by atoms with Gasteiger partial charge in [0.05, 0.1) is 5.56 Å². The van der Waals surface area contributed by atoms with Crippen LogP contribution in [0.4, 0.5) is 22.0 Å². The van der Waals surface area contributed by atoms with Gasteiger partial charge in [0, 0.05) is 5.92 Å². The summed E-state index contributed by atoms with van der Waals surface area (Å²) in [6, 6.07) is 0. The number of rotatable bonds is 4. The van der Waals surface area contributed by atoms with Gasteiger partial charge in [-0.1, -0.05) is 0 Å². The van der Waals surface area contributed by atoms with Crippen molar-refractivity contribution in [2.24, 2.45) is 0 Å². The molecule has 0 atom stereocenters. The molecule has 0 spiro atoms. The highest BCUT2D eigenvalue weighted by atomic mass is 19.2. The average Bonchev–Trinajstić information content (AvgIpc) is 3.28. The maximum atomic E-state index is 13.4. The second-order valence-electron chi connectivity index (χ2n) is 4.97. The zero-order valence-corrected chi connectivity index (χ0v) is 11.3. The molecule has 1 aliphatic carbocycles. The summed E-state index contributed by atoms with van der Waals surface area (Å²) < 4.78 is 75.4. The summed E-state index contributed by atoms with van der Waals surface area (Å²) in [5.41, 5.74) is -1.48. The zero-order valence-electron chi connectivity index (χ0n) is 11.3. The zero-order chi connectivity index (χ0) is 16.7. The van der Waals surface area contributed by atoms with E-state index in [2.05, 4.69) is 9.72 Å². The van der Waals surface area contributed by atoms with Crippen molar-refractivity contribution in [3.8, 4) is 0 Å². The van der Waals surface area contributed by atoms with Crippen LogP contribution in [0.15, 0.2) is 10.7 Å². The normalized spacial score (nSPS) is 14.1. The molecule has 0 radical (unpaired) electrons. The first-order valence-electron chi connectivity index (χ1n) is 6.53. The molecular formula is C14H8F5NO3. The Balaban J connectivity index is 1.76. The molecule has 0 amide bonds. The number of benzene rings is 1. The van der Waals surface area contributed by atoms with Crippen LogP contribution in [0.3, 0.4) is 0 Å². The van der Waals surface area contributed by atoms with Gasteiger partial charge in [-0.15, -0.1) is 0 Å². The Bertz CT molecular complexity index is 756. The SMILES string of the molecule is O=C(OCc1c(F)c(F)c(F)c(F)c1F)c1coc(C2CC2)n1. The van der Waals surface area contributed by atoms with Gasteiger partial charge in [0.25, 0.3) is 0 Å². The Morgan fingerprint density at radius 2 is 1.65 bits per heavy atom. The number of aromatic nitrogens is 1. The number of esters is 1. The Labute approximate surface area is 125 Å². The van der Waals surface area contributed by atoms with E-state index in [0.29, 0.717) is 5.89 Å². The Hall–Kier alpha value is -2.45. The van der Waals surface area contributed by atoms with Crippen molar-refractivity contribution in [2.45, 2.75) is 25.4 Å². The number of carbonyl (C=O) groups excluding carboxylic acids is 1. The third kappa shape index (κ3) is 2.78. The van der Waals surface area contributed by atoms with Crippen molar-refractivity contribution >= 4 is 5.97 Å². The minimum Gasteiger partial charge on any atom is -0.456 e. The summed E-state index contributed by atoms with van der Waals surface area (Å²) in [6.07, 6.45) is 2.76. The van der Waals surface area contributed by atoms with E-state index in [9.17, 15) is 26.7 Å². The number of carbonyl (C=O) groups is 1. The molecule has 1 heterocycles. The van der Waals surface area contributed by atoms with Crippen LogP contribution < -0.4 is 0 Å². The lowest BCUT2D eigenvalue weighted by Gasteiger charge is -2.08. The minimum atomic E-state index is -2.28. The van der Waals surface area contributed by atoms with Crippen molar-refractivity contribution in [1.82, 2.24) is 4.98 Å². The average molecular weight is 333 g/mol. The summed E-state index contributed by atoms with van der Waals surface area (Å²) in [4.78, 5) is 15.5. The molecule has 1 saturated carbocycles. The Morgan fingerprint density at radius 1 is 1.09 bits per heavy atom. The first-order valence-corrected chi connectivity index (χ1v) is 6.53. The molecule has 1 fully saturated rings. The second-order valence-corrected chi connectivity index (χ2v) is 4.97. The molecule has 0 N–H and O–H groups in total. The minimum absolute atomic E-state index is 0.131. The standard InChI is InChI=1S/C14H8F5NO3/c15-8-6(9(16)11(18)12(19)10(8)17)3-23-14(21)7-4-22-13(20-7)5-1-2-5/h4-5H,1-3H2. The fourth-order valence-corrected chi connectivity index (χ4v) is 1.89. The second kappa shape index (κ2) is 5.64. The third-order valence-electron chi connectivity index (χ3n) is 3.31. The fourth-order valence-electron chi connectivity index (χ4n) is 1.89. The predicted octanol–water partition coefficient (Wildman–Crippen LogP) is 3.60. The van der Waals surface area contributed by atoms with Gasteiger partial charge in [-0.3, -0.25) is 0 Å². The van der Waals surface area contributed by atoms with E-state index in [1.165, 1.54) is 0 Å². The van der Waals surface area contributed by atoms with E-state index < -0.39 is 47.2 Å². The lowest BCUT2D eigenvalue weighted by molar-refractivity contribution is 0.0455. The van der Waals surface area contributed by atoms with Gasteiger partial charge >= 0.3 is 5.97 Å². The molecule has 122 valence electrons. The Morgan fingerprint density at radius 3 is 2.22 bits per heavy atom. The summed E-state index contributed by atoms with van der Waals surface area (Å²) >= 11 is 0. The van der Waals surface area contributed by atoms with Gasteiger partial charge in [-0.2, -0.15) is 0 Å². The Kier molecular flexibility index (Phi) is 3.78. The van der Waals surface area contributed by atoms with Gasteiger partial charge in [0.1, 0.15) is 12.9 Å². The number of halogens is 5. The van der Waals surface area contributed by atoms with Gasteiger partial charge in [-0.25, -0.2) is 31.7 Å². The summed E-state index contributed by atoms with van der Waals surface area (Å²) in [5.74, 6) is -11.2. The van der Waals surface area contributed by atoms with E-state index in [-0.39, 0.29) is 11.6 Å². The van der Waals surface area contributed by atoms with Crippen LogP contribution in [-0.4, -0.2) is 11.0 Å². The van der Waals surface area contributed by atoms with Crippen LogP contribution >= 0.6 is 0 Å². The monoisotopic (exact) mass is 333 g/mol. The highest BCUT2D eigenvalue weighted by Gasteiger charge is 2.30. The quantitative estimate of drug-likeness (QED) is 0.371. The van der Waals surface area contributed by atoms with Gasteiger partial charge in [-0.05, 0) is 12.8 Å². The largest absolute Gasteiger partial charge is 0.456 e.